The third kappa shape index (κ3) is 3.46. The predicted molar refractivity (Wildman–Crippen MR) is 119 cm³/mol. The molecule has 3 heterocycles. The summed E-state index contributed by atoms with van der Waals surface area (Å²) in [6.45, 7) is 5.40. The number of likely N-dealkylation sites (tertiary alicyclic amines) is 1. The predicted octanol–water partition coefficient (Wildman–Crippen LogP) is 3.51. The number of rotatable bonds is 6. The number of fused-ring (bicyclic) bond motifs is 1. The van der Waals surface area contributed by atoms with Crippen molar-refractivity contribution in [2.75, 3.05) is 19.6 Å². The molecule has 158 valence electrons. The van der Waals surface area contributed by atoms with Crippen LogP contribution in [0.2, 0.25) is 5.02 Å². The molecule has 1 N–H and O–H groups in total. The molecule has 6 nitrogen and oxygen atoms in total. The SMILES string of the molecule is Cc1c(CCCN2CC3(CC(Cc4ccc5cnn(C)c5c4Cl)C3)C2)cn[nH]c1=O. The highest BCUT2D eigenvalue weighted by molar-refractivity contribution is 6.35. The van der Waals surface area contributed by atoms with Crippen LogP contribution in [0.4, 0.5) is 0 Å². The van der Waals surface area contributed by atoms with Crippen LogP contribution in [0.5, 0.6) is 0 Å². The zero-order valence-corrected chi connectivity index (χ0v) is 18.4. The molecule has 1 spiro atoms. The number of aromatic amines is 1. The van der Waals surface area contributed by atoms with Crippen molar-refractivity contribution >= 4 is 22.5 Å². The van der Waals surface area contributed by atoms with Gasteiger partial charge in [-0.25, -0.2) is 5.10 Å². The van der Waals surface area contributed by atoms with Crippen molar-refractivity contribution in [3.05, 3.63) is 56.6 Å². The summed E-state index contributed by atoms with van der Waals surface area (Å²) in [6, 6.07) is 4.32. The Kier molecular flexibility index (Phi) is 4.94. The first-order valence-electron chi connectivity index (χ1n) is 10.8. The molecule has 3 aromatic rings. The fourth-order valence-electron chi connectivity index (χ4n) is 5.60. The van der Waals surface area contributed by atoms with E-state index in [0.717, 1.165) is 58.8 Å². The van der Waals surface area contributed by atoms with E-state index in [1.54, 1.807) is 6.20 Å². The number of nitrogens with zero attached hydrogens (tertiary/aromatic N) is 4. The van der Waals surface area contributed by atoms with E-state index < -0.39 is 0 Å². The fourth-order valence-corrected chi connectivity index (χ4v) is 5.97. The zero-order chi connectivity index (χ0) is 20.9. The number of H-pyrrole nitrogens is 1. The number of benzene rings is 1. The van der Waals surface area contributed by atoms with Gasteiger partial charge in [0, 0.05) is 31.1 Å². The highest BCUT2D eigenvalue weighted by Gasteiger charge is 2.51. The normalized spacial score (nSPS) is 18.6. The van der Waals surface area contributed by atoms with Crippen LogP contribution in [0, 0.1) is 18.3 Å². The molecule has 30 heavy (non-hydrogen) atoms. The van der Waals surface area contributed by atoms with E-state index in [1.165, 1.54) is 31.5 Å². The summed E-state index contributed by atoms with van der Waals surface area (Å²) in [5.74, 6) is 0.736. The second kappa shape index (κ2) is 7.50. The van der Waals surface area contributed by atoms with Gasteiger partial charge in [0.1, 0.15) is 0 Å². The highest BCUT2D eigenvalue weighted by atomic mass is 35.5. The van der Waals surface area contributed by atoms with Gasteiger partial charge in [-0.15, -0.1) is 0 Å². The van der Waals surface area contributed by atoms with Crippen molar-refractivity contribution in [1.29, 1.82) is 0 Å². The molecule has 1 aliphatic heterocycles. The van der Waals surface area contributed by atoms with Crippen LogP contribution in [-0.4, -0.2) is 44.5 Å². The highest BCUT2D eigenvalue weighted by Crippen LogP contribution is 2.53. The maximum atomic E-state index is 11.6. The van der Waals surface area contributed by atoms with E-state index in [9.17, 15) is 4.79 Å². The minimum Gasteiger partial charge on any atom is -0.302 e. The molecule has 1 saturated heterocycles. The number of aryl methyl sites for hydroxylation is 2. The van der Waals surface area contributed by atoms with Crippen LogP contribution < -0.4 is 5.56 Å². The van der Waals surface area contributed by atoms with E-state index >= 15 is 0 Å². The quantitative estimate of drug-likeness (QED) is 0.656. The van der Waals surface area contributed by atoms with Gasteiger partial charge >= 0.3 is 0 Å². The van der Waals surface area contributed by atoms with Crippen LogP contribution in [0.15, 0.2) is 29.3 Å². The Bertz CT molecular complexity index is 1140. The summed E-state index contributed by atoms with van der Waals surface area (Å²) in [6.07, 6.45) is 9.34. The molecule has 0 unspecified atom stereocenters. The molecule has 1 aromatic carbocycles. The summed E-state index contributed by atoms with van der Waals surface area (Å²) in [4.78, 5) is 14.2. The van der Waals surface area contributed by atoms with Crippen LogP contribution in [-0.2, 0) is 19.9 Å². The fraction of sp³-hybridized carbons (Fsp3) is 0.522. The first kappa shape index (κ1) is 19.8. The molecule has 2 fully saturated rings. The van der Waals surface area contributed by atoms with Gasteiger partial charge in [-0.05, 0) is 68.0 Å². The molecule has 0 bridgehead atoms. The molecule has 1 saturated carbocycles. The van der Waals surface area contributed by atoms with Gasteiger partial charge < -0.3 is 4.90 Å². The molecule has 0 amide bonds. The van der Waals surface area contributed by atoms with Gasteiger partial charge in [0.2, 0.25) is 0 Å². The molecular formula is C23H28ClN5O. The lowest BCUT2D eigenvalue weighted by molar-refractivity contribution is -0.0936. The second-order valence-corrected chi connectivity index (χ2v) is 9.76. The molecular weight excluding hydrogens is 398 g/mol. The Morgan fingerprint density at radius 1 is 1.23 bits per heavy atom. The number of hydrogen-bond donors (Lipinski definition) is 1. The monoisotopic (exact) mass is 425 g/mol. The number of hydrogen-bond acceptors (Lipinski definition) is 4. The van der Waals surface area contributed by atoms with Crippen molar-refractivity contribution in [2.45, 2.75) is 39.0 Å². The number of aromatic nitrogens is 4. The summed E-state index contributed by atoms with van der Waals surface area (Å²) in [7, 11) is 1.95. The Hall–Kier alpha value is -2.18. The van der Waals surface area contributed by atoms with Crippen molar-refractivity contribution in [1.82, 2.24) is 24.9 Å². The van der Waals surface area contributed by atoms with Crippen molar-refractivity contribution < 1.29 is 0 Å². The topological polar surface area (TPSA) is 66.8 Å². The van der Waals surface area contributed by atoms with Crippen LogP contribution in [0.25, 0.3) is 10.9 Å². The Morgan fingerprint density at radius 2 is 2.03 bits per heavy atom. The molecule has 0 atom stereocenters. The number of halogens is 1. The first-order valence-corrected chi connectivity index (χ1v) is 11.2. The molecule has 0 radical (unpaired) electrons. The summed E-state index contributed by atoms with van der Waals surface area (Å²) in [5.41, 5.74) is 4.64. The van der Waals surface area contributed by atoms with E-state index in [-0.39, 0.29) is 5.56 Å². The van der Waals surface area contributed by atoms with Gasteiger partial charge in [0.05, 0.1) is 22.9 Å². The summed E-state index contributed by atoms with van der Waals surface area (Å²) >= 11 is 6.69. The average molecular weight is 426 g/mol. The van der Waals surface area contributed by atoms with Crippen molar-refractivity contribution in [3.63, 3.8) is 0 Å². The third-order valence-corrected chi connectivity index (χ3v) is 7.54. The van der Waals surface area contributed by atoms with Gasteiger partial charge in [-0.2, -0.15) is 10.2 Å². The second-order valence-electron chi connectivity index (χ2n) is 9.39. The maximum absolute atomic E-state index is 11.6. The lowest BCUT2D eigenvalue weighted by Crippen LogP contribution is -2.62. The van der Waals surface area contributed by atoms with E-state index in [2.05, 4.69) is 32.3 Å². The maximum Gasteiger partial charge on any atom is 0.267 e. The molecule has 7 heteroatoms. The van der Waals surface area contributed by atoms with E-state index in [4.69, 9.17) is 11.6 Å². The molecule has 2 aliphatic rings. The smallest absolute Gasteiger partial charge is 0.267 e. The molecule has 5 rings (SSSR count). The van der Waals surface area contributed by atoms with Crippen LogP contribution in [0.1, 0.15) is 36.0 Å². The van der Waals surface area contributed by atoms with Gasteiger partial charge in [-0.3, -0.25) is 9.48 Å². The summed E-state index contributed by atoms with van der Waals surface area (Å²) < 4.78 is 1.87. The molecule has 1 aliphatic carbocycles. The lowest BCUT2D eigenvalue weighted by Gasteiger charge is -2.59. The van der Waals surface area contributed by atoms with Crippen LogP contribution >= 0.6 is 11.6 Å². The molecule has 2 aromatic heterocycles. The number of nitrogens with one attached hydrogen (secondary N) is 1. The zero-order valence-electron chi connectivity index (χ0n) is 17.6. The van der Waals surface area contributed by atoms with Gasteiger partial charge in [0.25, 0.3) is 5.56 Å². The van der Waals surface area contributed by atoms with Crippen LogP contribution in [0.3, 0.4) is 0 Å². The largest absolute Gasteiger partial charge is 0.302 e. The third-order valence-electron chi connectivity index (χ3n) is 7.12. The Balaban J connectivity index is 1.09. The van der Waals surface area contributed by atoms with Gasteiger partial charge in [0.15, 0.2) is 0 Å². The average Bonchev–Trinajstić information content (AvgIpc) is 3.04. The Morgan fingerprint density at radius 3 is 2.83 bits per heavy atom. The van der Waals surface area contributed by atoms with E-state index in [0.29, 0.717) is 5.41 Å². The van der Waals surface area contributed by atoms with E-state index in [1.807, 2.05) is 24.9 Å². The minimum atomic E-state index is -0.0708. The lowest BCUT2D eigenvalue weighted by atomic mass is 9.56. The van der Waals surface area contributed by atoms with Crippen molar-refractivity contribution in [3.8, 4) is 0 Å². The minimum absolute atomic E-state index is 0.0708. The first-order chi connectivity index (χ1) is 14.4. The Labute approximate surface area is 181 Å². The summed E-state index contributed by atoms with van der Waals surface area (Å²) in [5, 5.41) is 12.7. The standard InChI is InChI=1S/C23H28ClN5O/c1-15-18(11-25-27-22(15)30)4-3-7-29-13-23(14-29)9-16(10-23)8-17-5-6-19-12-26-28(2)21(19)20(17)24/h5-6,11-12,16H,3-4,7-10,13-14H2,1-2H3,(H,27,30). The van der Waals surface area contributed by atoms with Crippen molar-refractivity contribution in [2.24, 2.45) is 18.4 Å². The van der Waals surface area contributed by atoms with Gasteiger partial charge in [-0.1, -0.05) is 23.7 Å².